The Morgan fingerprint density at radius 1 is 1.00 bits per heavy atom. The lowest BCUT2D eigenvalue weighted by Crippen LogP contribution is -2.47. The van der Waals surface area contributed by atoms with Gasteiger partial charge >= 0.3 is 6.18 Å². The van der Waals surface area contributed by atoms with E-state index >= 15 is 0 Å². The molecule has 2 aliphatic rings. The number of halogens is 3. The molecule has 0 N–H and O–H groups in total. The second kappa shape index (κ2) is 8.81. The molecule has 0 atom stereocenters. The zero-order chi connectivity index (χ0) is 20.1. The number of benzene rings is 1. The Bertz CT molecular complexity index is 679. The van der Waals surface area contributed by atoms with Crippen molar-refractivity contribution in [1.29, 1.82) is 0 Å². The van der Waals surface area contributed by atoms with Crippen molar-refractivity contribution in [2.24, 2.45) is 5.92 Å². The van der Waals surface area contributed by atoms with Crippen LogP contribution in [0.5, 0.6) is 5.75 Å². The summed E-state index contributed by atoms with van der Waals surface area (Å²) in [6.07, 6.45) is -3.19. The minimum atomic E-state index is -4.41. The fourth-order valence-electron chi connectivity index (χ4n) is 3.41. The van der Waals surface area contributed by atoms with Gasteiger partial charge in [0, 0.05) is 37.7 Å². The normalized spacial score (nSPS) is 18.8. The van der Waals surface area contributed by atoms with Crippen molar-refractivity contribution in [2.75, 3.05) is 46.0 Å². The summed E-state index contributed by atoms with van der Waals surface area (Å²) in [5.74, 6) is -0.0924. The lowest BCUT2D eigenvalue weighted by atomic mass is 9.94. The molecular weight excluding hydrogens is 377 g/mol. The van der Waals surface area contributed by atoms with Crippen LogP contribution >= 0.6 is 0 Å². The predicted molar refractivity (Wildman–Crippen MR) is 94.0 cm³/mol. The standard InChI is InChI=1S/C19H23F3N2O4/c20-19(21,22)13-28-16-3-1-14(2-4-16)17(25)23-7-5-15(6-8-23)18(26)24-9-11-27-12-10-24/h1-4,15H,5-13H2. The molecule has 28 heavy (non-hydrogen) atoms. The number of morpholine rings is 1. The lowest BCUT2D eigenvalue weighted by molar-refractivity contribution is -0.153. The molecule has 2 amide bonds. The highest BCUT2D eigenvalue weighted by atomic mass is 19.4. The Labute approximate surface area is 161 Å². The number of alkyl halides is 3. The first-order chi connectivity index (χ1) is 13.3. The molecule has 2 heterocycles. The van der Waals surface area contributed by atoms with Gasteiger partial charge in [-0.15, -0.1) is 0 Å². The Morgan fingerprint density at radius 2 is 1.61 bits per heavy atom. The predicted octanol–water partition coefficient (Wildman–Crippen LogP) is 2.34. The van der Waals surface area contributed by atoms with Crippen molar-refractivity contribution < 1.29 is 32.2 Å². The Hall–Kier alpha value is -2.29. The summed E-state index contributed by atoms with van der Waals surface area (Å²) in [7, 11) is 0. The molecule has 0 aromatic heterocycles. The van der Waals surface area contributed by atoms with Crippen molar-refractivity contribution in [1.82, 2.24) is 9.80 Å². The van der Waals surface area contributed by atoms with E-state index in [0.717, 1.165) is 0 Å². The van der Waals surface area contributed by atoms with E-state index in [1.807, 2.05) is 4.90 Å². The van der Waals surface area contributed by atoms with E-state index in [1.54, 1.807) is 4.90 Å². The highest BCUT2D eigenvalue weighted by Gasteiger charge is 2.31. The number of amides is 2. The number of carbonyl (C=O) groups excluding carboxylic acids is 2. The summed E-state index contributed by atoms with van der Waals surface area (Å²) in [5.41, 5.74) is 0.386. The van der Waals surface area contributed by atoms with Crippen LogP contribution in [0.4, 0.5) is 13.2 Å². The van der Waals surface area contributed by atoms with Gasteiger partial charge in [-0.1, -0.05) is 0 Å². The van der Waals surface area contributed by atoms with Gasteiger partial charge in [0.2, 0.25) is 5.91 Å². The number of hydrogen-bond donors (Lipinski definition) is 0. The van der Waals surface area contributed by atoms with Crippen LogP contribution < -0.4 is 4.74 Å². The molecule has 3 rings (SSSR count). The maximum Gasteiger partial charge on any atom is 0.422 e. The highest BCUT2D eigenvalue weighted by molar-refractivity contribution is 5.94. The van der Waals surface area contributed by atoms with Gasteiger partial charge in [0.05, 0.1) is 13.2 Å². The second-order valence-corrected chi connectivity index (χ2v) is 6.93. The smallest absolute Gasteiger partial charge is 0.422 e. The van der Waals surface area contributed by atoms with Crippen molar-refractivity contribution in [2.45, 2.75) is 19.0 Å². The third kappa shape index (κ3) is 5.37. The van der Waals surface area contributed by atoms with Crippen molar-refractivity contribution in [3.63, 3.8) is 0 Å². The molecule has 0 unspecified atom stereocenters. The number of likely N-dealkylation sites (tertiary alicyclic amines) is 1. The Balaban J connectivity index is 1.50. The largest absolute Gasteiger partial charge is 0.484 e. The van der Waals surface area contributed by atoms with Crippen LogP contribution in [-0.4, -0.2) is 73.8 Å². The molecule has 0 aliphatic carbocycles. The topological polar surface area (TPSA) is 59.1 Å². The molecule has 0 spiro atoms. The van der Waals surface area contributed by atoms with E-state index in [9.17, 15) is 22.8 Å². The van der Waals surface area contributed by atoms with Crippen LogP contribution in [0.2, 0.25) is 0 Å². The number of hydrogen-bond acceptors (Lipinski definition) is 4. The quantitative estimate of drug-likeness (QED) is 0.779. The summed E-state index contributed by atoms with van der Waals surface area (Å²) in [5, 5.41) is 0. The molecule has 2 fully saturated rings. The van der Waals surface area contributed by atoms with Crippen LogP contribution in [0.15, 0.2) is 24.3 Å². The third-order valence-corrected chi connectivity index (χ3v) is 4.96. The fraction of sp³-hybridized carbons (Fsp3) is 0.579. The number of piperidine rings is 1. The molecule has 1 aromatic carbocycles. The van der Waals surface area contributed by atoms with Crippen LogP contribution in [0, 0.1) is 5.92 Å². The van der Waals surface area contributed by atoms with Crippen LogP contribution in [0.25, 0.3) is 0 Å². The van der Waals surface area contributed by atoms with E-state index in [2.05, 4.69) is 4.74 Å². The molecule has 2 saturated heterocycles. The molecular formula is C19H23F3N2O4. The van der Waals surface area contributed by atoms with Gasteiger partial charge in [-0.25, -0.2) is 0 Å². The molecule has 0 bridgehead atoms. The highest BCUT2D eigenvalue weighted by Crippen LogP contribution is 2.23. The summed E-state index contributed by atoms with van der Waals surface area (Å²) in [6.45, 7) is 1.93. The van der Waals surface area contributed by atoms with Gasteiger partial charge in [-0.2, -0.15) is 13.2 Å². The molecule has 154 valence electrons. The average Bonchev–Trinajstić information content (AvgIpc) is 2.72. The monoisotopic (exact) mass is 400 g/mol. The van der Waals surface area contributed by atoms with E-state index in [4.69, 9.17) is 4.74 Å². The average molecular weight is 400 g/mol. The first-order valence-corrected chi connectivity index (χ1v) is 9.29. The van der Waals surface area contributed by atoms with Crippen LogP contribution in [-0.2, 0) is 9.53 Å². The summed E-state index contributed by atoms with van der Waals surface area (Å²) >= 11 is 0. The molecule has 0 radical (unpaired) electrons. The van der Waals surface area contributed by atoms with Gasteiger partial charge in [-0.05, 0) is 37.1 Å². The van der Waals surface area contributed by atoms with E-state index < -0.39 is 12.8 Å². The first kappa shape index (κ1) is 20.4. The van der Waals surface area contributed by atoms with Crippen molar-refractivity contribution in [3.8, 4) is 5.75 Å². The number of rotatable bonds is 4. The maximum atomic E-state index is 12.6. The van der Waals surface area contributed by atoms with Crippen molar-refractivity contribution in [3.05, 3.63) is 29.8 Å². The zero-order valence-corrected chi connectivity index (χ0v) is 15.4. The zero-order valence-electron chi connectivity index (χ0n) is 15.4. The summed E-state index contributed by atoms with van der Waals surface area (Å²) in [6, 6.07) is 5.62. The first-order valence-electron chi connectivity index (χ1n) is 9.29. The number of nitrogens with zero attached hydrogens (tertiary/aromatic N) is 2. The van der Waals surface area contributed by atoms with Crippen LogP contribution in [0.3, 0.4) is 0 Å². The van der Waals surface area contributed by atoms with Gasteiger partial charge < -0.3 is 19.3 Å². The van der Waals surface area contributed by atoms with E-state index in [-0.39, 0.29) is 23.5 Å². The third-order valence-electron chi connectivity index (χ3n) is 4.96. The van der Waals surface area contributed by atoms with E-state index in [1.165, 1.54) is 24.3 Å². The van der Waals surface area contributed by atoms with Gasteiger partial charge in [0.1, 0.15) is 5.75 Å². The summed E-state index contributed by atoms with van der Waals surface area (Å²) in [4.78, 5) is 28.6. The molecule has 2 aliphatic heterocycles. The van der Waals surface area contributed by atoms with Crippen LogP contribution in [0.1, 0.15) is 23.2 Å². The second-order valence-electron chi connectivity index (χ2n) is 6.93. The lowest BCUT2D eigenvalue weighted by Gasteiger charge is -2.35. The Kier molecular flexibility index (Phi) is 6.43. The van der Waals surface area contributed by atoms with E-state index in [0.29, 0.717) is 57.8 Å². The minimum Gasteiger partial charge on any atom is -0.484 e. The molecule has 1 aromatic rings. The van der Waals surface area contributed by atoms with Crippen molar-refractivity contribution >= 4 is 11.8 Å². The summed E-state index contributed by atoms with van der Waals surface area (Å²) < 4.78 is 46.5. The van der Waals surface area contributed by atoms with Gasteiger partial charge in [0.15, 0.2) is 6.61 Å². The Morgan fingerprint density at radius 3 is 2.18 bits per heavy atom. The molecule has 9 heteroatoms. The fourth-order valence-corrected chi connectivity index (χ4v) is 3.41. The van der Waals surface area contributed by atoms with Gasteiger partial charge in [0.25, 0.3) is 5.91 Å². The molecule has 6 nitrogen and oxygen atoms in total. The molecule has 0 saturated carbocycles. The van der Waals surface area contributed by atoms with Gasteiger partial charge in [-0.3, -0.25) is 9.59 Å². The SMILES string of the molecule is O=C(c1ccc(OCC(F)(F)F)cc1)N1CCC(C(=O)N2CCOCC2)CC1. The maximum absolute atomic E-state index is 12.6. The number of carbonyl (C=O) groups is 2. The minimum absolute atomic E-state index is 0.0590. The number of ether oxygens (including phenoxy) is 2.